The number of aromatic nitrogens is 1. The number of aryl methyl sites for hydroxylation is 1. The van der Waals surface area contributed by atoms with Crippen LogP contribution in [0.4, 0.5) is 0 Å². The van der Waals surface area contributed by atoms with Crippen LogP contribution < -0.4 is 5.32 Å². The summed E-state index contributed by atoms with van der Waals surface area (Å²) >= 11 is 0. The van der Waals surface area contributed by atoms with Crippen LogP contribution in [0.5, 0.6) is 0 Å². The molecule has 19 heavy (non-hydrogen) atoms. The highest BCUT2D eigenvalue weighted by Crippen LogP contribution is 2.25. The molecule has 1 aromatic rings. The normalized spacial score (nSPS) is 18.8. The van der Waals surface area contributed by atoms with E-state index in [9.17, 15) is 0 Å². The topological polar surface area (TPSA) is 40.8 Å². The Morgan fingerprint density at radius 1 is 1.37 bits per heavy atom. The Kier molecular flexibility index (Phi) is 5.04. The highest BCUT2D eigenvalue weighted by molar-refractivity contribution is 5.28. The fourth-order valence-electron chi connectivity index (χ4n) is 3.10. The monoisotopic (exact) mass is 259 g/mol. The number of hydrogen-bond acceptors (Lipinski definition) is 2. The Morgan fingerprint density at radius 3 is 2.63 bits per heavy atom. The van der Waals surface area contributed by atoms with Crippen LogP contribution >= 0.6 is 0 Å². The summed E-state index contributed by atoms with van der Waals surface area (Å²) in [5.41, 5.74) is 1.94. The Balaban J connectivity index is 1.85. The third kappa shape index (κ3) is 3.84. The van der Waals surface area contributed by atoms with Gasteiger partial charge in [-0.15, -0.1) is 0 Å². The lowest BCUT2D eigenvalue weighted by Crippen LogP contribution is -2.32. The van der Waals surface area contributed by atoms with Crippen molar-refractivity contribution in [3.63, 3.8) is 0 Å². The molecule has 1 heterocycles. The van der Waals surface area contributed by atoms with Gasteiger partial charge in [0.2, 0.25) is 0 Å². The van der Waals surface area contributed by atoms with Crippen molar-refractivity contribution in [3.8, 4) is 6.07 Å². The van der Waals surface area contributed by atoms with Gasteiger partial charge < -0.3 is 9.88 Å². The van der Waals surface area contributed by atoms with Gasteiger partial charge in [0.05, 0.1) is 0 Å². The predicted molar refractivity (Wildman–Crippen MR) is 77.6 cm³/mol. The van der Waals surface area contributed by atoms with Gasteiger partial charge in [-0.05, 0) is 37.3 Å². The summed E-state index contributed by atoms with van der Waals surface area (Å²) in [5.74, 6) is 0.821. The fourth-order valence-corrected chi connectivity index (χ4v) is 3.10. The molecule has 0 aliphatic heterocycles. The largest absolute Gasteiger partial charge is 0.342 e. The molecule has 3 heteroatoms. The lowest BCUT2D eigenvalue weighted by Gasteiger charge is -2.23. The molecule has 0 spiro atoms. The third-order valence-corrected chi connectivity index (χ3v) is 4.41. The molecule has 0 saturated heterocycles. The van der Waals surface area contributed by atoms with E-state index in [0.717, 1.165) is 18.2 Å². The van der Waals surface area contributed by atoms with Crippen molar-refractivity contribution >= 4 is 0 Å². The number of nitrogens with one attached hydrogen (secondary N) is 1. The zero-order valence-corrected chi connectivity index (χ0v) is 12.2. The summed E-state index contributed by atoms with van der Waals surface area (Å²) < 4.78 is 1.90. The van der Waals surface area contributed by atoms with E-state index in [-0.39, 0.29) is 0 Å². The quantitative estimate of drug-likeness (QED) is 0.842. The van der Waals surface area contributed by atoms with Crippen LogP contribution in [0.15, 0.2) is 12.3 Å². The van der Waals surface area contributed by atoms with E-state index >= 15 is 0 Å². The molecule has 1 N–H and O–H groups in total. The van der Waals surface area contributed by atoms with Crippen LogP contribution in [-0.2, 0) is 13.6 Å². The Hall–Kier alpha value is -1.27. The minimum Gasteiger partial charge on any atom is -0.342 e. The van der Waals surface area contributed by atoms with Gasteiger partial charge in [0.25, 0.3) is 0 Å². The van der Waals surface area contributed by atoms with Gasteiger partial charge >= 0.3 is 0 Å². The average Bonchev–Trinajstić information content (AvgIpc) is 2.63. The average molecular weight is 259 g/mol. The molecule has 0 amide bonds. The molecule has 3 nitrogen and oxygen atoms in total. The molecule has 1 aliphatic carbocycles. The summed E-state index contributed by atoms with van der Waals surface area (Å²) in [6.07, 6.45) is 10.4. The van der Waals surface area contributed by atoms with Crippen molar-refractivity contribution in [2.24, 2.45) is 13.0 Å². The van der Waals surface area contributed by atoms with Gasteiger partial charge in [-0.3, -0.25) is 0 Å². The third-order valence-electron chi connectivity index (χ3n) is 4.41. The smallest absolute Gasteiger partial charge is 0.120 e. The van der Waals surface area contributed by atoms with Crippen molar-refractivity contribution < 1.29 is 0 Å². The molecule has 0 radical (unpaired) electrons. The van der Waals surface area contributed by atoms with E-state index in [1.165, 1.54) is 44.1 Å². The SMILES string of the molecule is C[C@@H](NCc1cc(C#N)n(C)c1)C1CCCCCC1. The molecule has 0 unspecified atom stereocenters. The van der Waals surface area contributed by atoms with Crippen molar-refractivity contribution in [2.45, 2.75) is 58.0 Å². The first-order valence-corrected chi connectivity index (χ1v) is 7.49. The number of rotatable bonds is 4. The molecule has 104 valence electrons. The summed E-state index contributed by atoms with van der Waals surface area (Å²) in [6, 6.07) is 4.76. The molecule has 1 saturated carbocycles. The zero-order chi connectivity index (χ0) is 13.7. The summed E-state index contributed by atoms with van der Waals surface area (Å²) in [6.45, 7) is 3.18. The number of nitriles is 1. The Labute approximate surface area is 116 Å². The molecular weight excluding hydrogens is 234 g/mol. The molecule has 1 aliphatic rings. The van der Waals surface area contributed by atoms with Gasteiger partial charge in [0.1, 0.15) is 11.8 Å². The van der Waals surface area contributed by atoms with Gasteiger partial charge in [-0.1, -0.05) is 25.7 Å². The van der Waals surface area contributed by atoms with Gasteiger partial charge in [0.15, 0.2) is 0 Å². The maximum absolute atomic E-state index is 8.95. The molecule has 0 bridgehead atoms. The first-order chi connectivity index (χ1) is 9.20. The Morgan fingerprint density at radius 2 is 2.05 bits per heavy atom. The second-order valence-electron chi connectivity index (χ2n) is 5.88. The van der Waals surface area contributed by atoms with Crippen LogP contribution in [0.3, 0.4) is 0 Å². The molecule has 1 fully saturated rings. The van der Waals surface area contributed by atoms with Crippen molar-refractivity contribution in [2.75, 3.05) is 0 Å². The van der Waals surface area contributed by atoms with Gasteiger partial charge in [-0.2, -0.15) is 5.26 Å². The zero-order valence-electron chi connectivity index (χ0n) is 12.2. The standard InChI is InChI=1S/C16H25N3/c1-13(15-7-5-3-4-6-8-15)18-11-14-9-16(10-17)19(2)12-14/h9,12-13,15,18H,3-8,11H2,1-2H3/t13-/m1/s1. The lowest BCUT2D eigenvalue weighted by molar-refractivity contribution is 0.336. The molecule has 1 atom stereocenters. The maximum Gasteiger partial charge on any atom is 0.120 e. The van der Waals surface area contributed by atoms with Gasteiger partial charge in [0, 0.05) is 25.8 Å². The van der Waals surface area contributed by atoms with Crippen molar-refractivity contribution in [3.05, 3.63) is 23.5 Å². The Bertz CT molecular complexity index is 433. The highest BCUT2D eigenvalue weighted by atomic mass is 14.9. The molecule has 1 aromatic heterocycles. The number of nitrogens with zero attached hydrogens (tertiary/aromatic N) is 2. The first-order valence-electron chi connectivity index (χ1n) is 7.49. The predicted octanol–water partition coefficient (Wildman–Crippen LogP) is 3.35. The molecule has 0 aromatic carbocycles. The molecular formula is C16H25N3. The lowest BCUT2D eigenvalue weighted by atomic mass is 9.93. The van der Waals surface area contributed by atoms with E-state index in [1.54, 1.807) is 0 Å². The second-order valence-corrected chi connectivity index (χ2v) is 5.88. The fraction of sp³-hybridized carbons (Fsp3) is 0.688. The maximum atomic E-state index is 8.95. The summed E-state index contributed by atoms with van der Waals surface area (Å²) in [7, 11) is 1.93. The van der Waals surface area contributed by atoms with Crippen LogP contribution in [0.2, 0.25) is 0 Å². The van der Waals surface area contributed by atoms with E-state index in [4.69, 9.17) is 5.26 Å². The van der Waals surface area contributed by atoms with E-state index in [2.05, 4.69) is 18.3 Å². The van der Waals surface area contributed by atoms with Gasteiger partial charge in [-0.25, -0.2) is 0 Å². The van der Waals surface area contributed by atoms with E-state index < -0.39 is 0 Å². The van der Waals surface area contributed by atoms with Crippen LogP contribution in [-0.4, -0.2) is 10.6 Å². The van der Waals surface area contributed by atoms with E-state index in [0.29, 0.717) is 6.04 Å². The second kappa shape index (κ2) is 6.77. The highest BCUT2D eigenvalue weighted by Gasteiger charge is 2.18. The summed E-state index contributed by atoms with van der Waals surface area (Å²) in [4.78, 5) is 0. The number of hydrogen-bond donors (Lipinski definition) is 1. The minimum absolute atomic E-state index is 0.573. The van der Waals surface area contributed by atoms with Crippen LogP contribution in [0.25, 0.3) is 0 Å². The first kappa shape index (κ1) is 14.1. The minimum atomic E-state index is 0.573. The van der Waals surface area contributed by atoms with E-state index in [1.807, 2.05) is 23.9 Å². The van der Waals surface area contributed by atoms with Crippen molar-refractivity contribution in [1.29, 1.82) is 5.26 Å². The molecule has 2 rings (SSSR count). The van der Waals surface area contributed by atoms with Crippen LogP contribution in [0, 0.1) is 17.2 Å². The van der Waals surface area contributed by atoms with Crippen LogP contribution in [0.1, 0.15) is 56.7 Å². The summed E-state index contributed by atoms with van der Waals surface area (Å²) in [5, 5.41) is 12.6. The van der Waals surface area contributed by atoms with Crippen molar-refractivity contribution in [1.82, 2.24) is 9.88 Å².